The van der Waals surface area contributed by atoms with E-state index in [0.29, 0.717) is 5.92 Å². The highest BCUT2D eigenvalue weighted by molar-refractivity contribution is 6.26. The molecule has 0 N–H and O–H groups in total. The number of nitrogens with zero attached hydrogens (tertiary/aromatic N) is 1. The van der Waals surface area contributed by atoms with Crippen LogP contribution in [0.2, 0.25) is 0 Å². The summed E-state index contributed by atoms with van der Waals surface area (Å²) in [6.45, 7) is 9.56. The summed E-state index contributed by atoms with van der Waals surface area (Å²) in [5.74, 6) is 0.332. The summed E-state index contributed by atoms with van der Waals surface area (Å²) in [4.78, 5) is 2.49. The van der Waals surface area contributed by atoms with Crippen LogP contribution in [0.5, 0.6) is 0 Å². The summed E-state index contributed by atoms with van der Waals surface area (Å²) in [7, 11) is 0. The molecule has 1 unspecified atom stereocenters. The Morgan fingerprint density at radius 1 is 0.567 bits per heavy atom. The lowest BCUT2D eigenvalue weighted by Crippen LogP contribution is -2.18. The molecule has 1 heterocycles. The fourth-order valence-corrected chi connectivity index (χ4v) is 11.3. The van der Waals surface area contributed by atoms with Gasteiger partial charge in [0.15, 0.2) is 5.58 Å². The molecule has 0 fully saturated rings. The SMILES string of the molecule is CC1(C)c2ccccc2-c2c(N(C3=CCCC=C3)c3cccc4c3oc3c5c(c6ccccc6c34)C(C)(C)c3cc(C4C=CC(c6ccccc6)=CC4)ccc3-5)cccc21. The summed E-state index contributed by atoms with van der Waals surface area (Å²) in [5, 5.41) is 4.90. The van der Waals surface area contributed by atoms with E-state index in [0.717, 1.165) is 41.5 Å². The van der Waals surface area contributed by atoms with E-state index in [1.807, 2.05) is 0 Å². The molecular formula is C58H47NO. The average molecular weight is 774 g/mol. The van der Waals surface area contributed by atoms with Gasteiger partial charge in [0.05, 0.1) is 11.4 Å². The first-order valence-electron chi connectivity index (χ1n) is 21.7. The van der Waals surface area contributed by atoms with Gasteiger partial charge in [0, 0.05) is 44.3 Å². The van der Waals surface area contributed by atoms with Crippen LogP contribution in [0.15, 0.2) is 180 Å². The van der Waals surface area contributed by atoms with Crippen LogP contribution in [0.3, 0.4) is 0 Å². The van der Waals surface area contributed by atoms with Crippen molar-refractivity contribution in [1.82, 2.24) is 0 Å². The zero-order valence-electron chi connectivity index (χ0n) is 34.7. The second kappa shape index (κ2) is 12.9. The normalized spacial score (nSPS) is 18.0. The third kappa shape index (κ3) is 4.94. The first-order valence-corrected chi connectivity index (χ1v) is 21.7. The fraction of sp³-hybridized carbons (Fsp3) is 0.172. The predicted octanol–water partition coefficient (Wildman–Crippen LogP) is 15.9. The van der Waals surface area contributed by atoms with Crippen molar-refractivity contribution >= 4 is 49.7 Å². The number of benzene rings is 7. The number of hydrogen-bond acceptors (Lipinski definition) is 2. The van der Waals surface area contributed by atoms with E-state index in [1.54, 1.807) is 0 Å². The maximum absolute atomic E-state index is 7.50. The Kier molecular flexibility index (Phi) is 7.61. The summed E-state index contributed by atoms with van der Waals surface area (Å²) in [5.41, 5.74) is 19.6. The topological polar surface area (TPSA) is 16.4 Å². The number of fused-ring (bicyclic) bond motifs is 13. The molecule has 0 saturated heterocycles. The second-order valence-corrected chi connectivity index (χ2v) is 18.2. The standard InChI is InChI=1S/C58H47NO/c1-57(2)46-25-14-13-23-43(46)52-47(57)26-16-27-49(52)59(40-19-9-6-10-20-40)50-28-15-24-45-51-41-21-11-12-22-42(41)54-53(56(51)60-55(45)50)44-34-33-39(35-48(44)58(54,3)4)38-31-29-37(30-32-38)36-17-7-5-8-18-36/h5,7-9,11-31,33-35,38H,6,10,32H2,1-4H3. The van der Waals surface area contributed by atoms with E-state index in [-0.39, 0.29) is 10.8 Å². The maximum Gasteiger partial charge on any atom is 0.159 e. The lowest BCUT2D eigenvalue weighted by atomic mass is 9.78. The van der Waals surface area contributed by atoms with Gasteiger partial charge < -0.3 is 9.32 Å². The van der Waals surface area contributed by atoms with Crippen molar-refractivity contribution in [2.45, 2.75) is 63.7 Å². The predicted molar refractivity (Wildman–Crippen MR) is 252 cm³/mol. The Balaban J connectivity index is 1.07. The van der Waals surface area contributed by atoms with Gasteiger partial charge in [-0.05, 0) is 98.3 Å². The van der Waals surface area contributed by atoms with Crippen molar-refractivity contribution in [3.63, 3.8) is 0 Å². The summed E-state index contributed by atoms with van der Waals surface area (Å²) in [6, 6.07) is 49.7. The van der Waals surface area contributed by atoms with Gasteiger partial charge in [-0.2, -0.15) is 0 Å². The quantitative estimate of drug-likeness (QED) is 0.173. The van der Waals surface area contributed by atoms with Crippen molar-refractivity contribution < 1.29 is 4.42 Å². The van der Waals surface area contributed by atoms with E-state index in [1.165, 1.54) is 88.8 Å². The number of allylic oxidation sites excluding steroid dienone is 7. The van der Waals surface area contributed by atoms with E-state index >= 15 is 0 Å². The number of rotatable bonds is 5. The first-order chi connectivity index (χ1) is 29.3. The molecule has 7 aromatic carbocycles. The Bertz CT molecular complexity index is 3240. The first kappa shape index (κ1) is 35.3. The highest BCUT2D eigenvalue weighted by atomic mass is 16.3. The minimum absolute atomic E-state index is 0.107. The molecule has 12 rings (SSSR count). The molecule has 290 valence electrons. The molecule has 0 radical (unpaired) electrons. The Labute approximate surface area is 352 Å². The van der Waals surface area contributed by atoms with Gasteiger partial charge in [-0.15, -0.1) is 0 Å². The molecule has 1 atom stereocenters. The third-order valence-corrected chi connectivity index (χ3v) is 14.2. The molecule has 1 aromatic heterocycles. The largest absolute Gasteiger partial charge is 0.453 e. The van der Waals surface area contributed by atoms with E-state index in [9.17, 15) is 0 Å². The van der Waals surface area contributed by atoms with E-state index in [2.05, 4.69) is 203 Å². The van der Waals surface area contributed by atoms with Crippen LogP contribution >= 0.6 is 0 Å². The number of anilines is 2. The van der Waals surface area contributed by atoms with Crippen molar-refractivity contribution in [3.8, 4) is 22.3 Å². The Morgan fingerprint density at radius 2 is 1.30 bits per heavy atom. The maximum atomic E-state index is 7.50. The van der Waals surface area contributed by atoms with Crippen molar-refractivity contribution in [2.75, 3.05) is 4.90 Å². The highest BCUT2D eigenvalue weighted by Crippen LogP contribution is 2.58. The Morgan fingerprint density at radius 3 is 2.12 bits per heavy atom. The molecule has 0 bridgehead atoms. The lowest BCUT2D eigenvalue weighted by molar-refractivity contribution is 0.656. The molecule has 60 heavy (non-hydrogen) atoms. The molecule has 4 aliphatic carbocycles. The van der Waals surface area contributed by atoms with Gasteiger partial charge >= 0.3 is 0 Å². The second-order valence-electron chi connectivity index (χ2n) is 18.2. The molecular weight excluding hydrogens is 727 g/mol. The minimum atomic E-state index is -0.228. The van der Waals surface area contributed by atoms with Crippen molar-refractivity contribution in [3.05, 3.63) is 209 Å². The van der Waals surface area contributed by atoms with Crippen LogP contribution in [-0.2, 0) is 10.8 Å². The number of hydrogen-bond donors (Lipinski definition) is 0. The zero-order chi connectivity index (χ0) is 40.3. The van der Waals surface area contributed by atoms with Gasteiger partial charge in [0.1, 0.15) is 5.58 Å². The molecule has 0 aliphatic heterocycles. The number of furan rings is 1. The summed E-state index contributed by atoms with van der Waals surface area (Å²) in [6.07, 6.45) is 17.2. The van der Waals surface area contributed by atoms with Gasteiger partial charge in [-0.1, -0.05) is 179 Å². The minimum Gasteiger partial charge on any atom is -0.453 e. The lowest BCUT2D eigenvalue weighted by Gasteiger charge is -2.30. The third-order valence-electron chi connectivity index (χ3n) is 14.2. The molecule has 2 nitrogen and oxygen atoms in total. The zero-order valence-corrected chi connectivity index (χ0v) is 34.7. The van der Waals surface area contributed by atoms with Crippen molar-refractivity contribution in [1.29, 1.82) is 0 Å². The summed E-state index contributed by atoms with van der Waals surface area (Å²) >= 11 is 0. The summed E-state index contributed by atoms with van der Waals surface area (Å²) < 4.78 is 7.50. The van der Waals surface area contributed by atoms with E-state index in [4.69, 9.17) is 4.42 Å². The van der Waals surface area contributed by atoms with Gasteiger partial charge in [0.2, 0.25) is 0 Å². The monoisotopic (exact) mass is 773 g/mol. The van der Waals surface area contributed by atoms with Gasteiger partial charge in [-0.25, -0.2) is 0 Å². The van der Waals surface area contributed by atoms with Crippen LogP contribution in [-0.4, -0.2) is 0 Å². The van der Waals surface area contributed by atoms with E-state index < -0.39 is 0 Å². The highest BCUT2D eigenvalue weighted by Gasteiger charge is 2.41. The van der Waals surface area contributed by atoms with Crippen LogP contribution < -0.4 is 4.90 Å². The van der Waals surface area contributed by atoms with Crippen LogP contribution in [0, 0.1) is 0 Å². The fourth-order valence-electron chi connectivity index (χ4n) is 11.3. The Hall–Kier alpha value is -6.64. The van der Waals surface area contributed by atoms with Crippen LogP contribution in [0.1, 0.15) is 86.3 Å². The molecule has 0 amide bonds. The van der Waals surface area contributed by atoms with Crippen LogP contribution in [0.25, 0.3) is 60.5 Å². The molecule has 4 aliphatic rings. The van der Waals surface area contributed by atoms with Crippen LogP contribution in [0.4, 0.5) is 11.4 Å². The molecule has 2 heteroatoms. The molecule has 0 spiro atoms. The smallest absolute Gasteiger partial charge is 0.159 e. The van der Waals surface area contributed by atoms with Gasteiger partial charge in [-0.3, -0.25) is 0 Å². The van der Waals surface area contributed by atoms with Crippen molar-refractivity contribution in [2.24, 2.45) is 0 Å². The molecule has 8 aromatic rings. The molecule has 0 saturated carbocycles. The van der Waals surface area contributed by atoms with Gasteiger partial charge in [0.25, 0.3) is 0 Å². The number of para-hydroxylation sites is 1. The average Bonchev–Trinajstić information content (AvgIpc) is 3.88.